The highest BCUT2D eigenvalue weighted by atomic mass is 16.6. The van der Waals surface area contributed by atoms with Crippen LogP contribution >= 0.6 is 0 Å². The number of carbonyl (C=O) groups excluding carboxylic acids is 2. The molecule has 0 radical (unpaired) electrons. The molecule has 0 aromatic heterocycles. The van der Waals surface area contributed by atoms with Crippen molar-refractivity contribution in [2.24, 2.45) is 0 Å². The summed E-state index contributed by atoms with van der Waals surface area (Å²) in [6.45, 7) is 3.56. The second-order valence-corrected chi connectivity index (χ2v) is 4.32. The quantitative estimate of drug-likeness (QED) is 0.439. The van der Waals surface area contributed by atoms with Crippen LogP contribution in [0.1, 0.15) is 20.3 Å². The second-order valence-electron chi connectivity index (χ2n) is 4.32. The van der Waals surface area contributed by atoms with Gasteiger partial charge in [-0.05, 0) is 34.4 Å². The minimum atomic E-state index is -1.23. The Kier molecular flexibility index (Phi) is 7.36. The summed E-state index contributed by atoms with van der Waals surface area (Å²) < 4.78 is 4.49. The number of carboxylic acid groups (broad SMARTS) is 1. The van der Waals surface area contributed by atoms with Gasteiger partial charge in [0, 0.05) is 23.8 Å². The van der Waals surface area contributed by atoms with Crippen molar-refractivity contribution in [1.29, 1.82) is 0 Å². The predicted molar refractivity (Wildman–Crippen MR) is 69.4 cm³/mol. The van der Waals surface area contributed by atoms with Crippen LogP contribution in [0.15, 0.2) is 23.3 Å². The molecule has 0 fully saturated rings. The van der Waals surface area contributed by atoms with Gasteiger partial charge in [-0.25, -0.2) is 14.4 Å². The first-order valence-electron chi connectivity index (χ1n) is 5.73. The third kappa shape index (κ3) is 7.88. The standard InChI is InChI=1S/C13H19NO5/c1-9(6-5-7-14(3)4)13(18)19-11(15)8-10(2)12(16)17/h6,8H,5,7H2,1-4H3,(H,16,17)/b9-6?,10-8-. The molecule has 0 aromatic carbocycles. The zero-order chi connectivity index (χ0) is 15.0. The Morgan fingerprint density at radius 2 is 1.74 bits per heavy atom. The molecule has 0 rings (SSSR count). The maximum atomic E-state index is 11.5. The van der Waals surface area contributed by atoms with Gasteiger partial charge in [0.2, 0.25) is 0 Å². The maximum Gasteiger partial charge on any atom is 0.341 e. The van der Waals surface area contributed by atoms with Crippen molar-refractivity contribution in [2.45, 2.75) is 20.3 Å². The molecule has 6 nitrogen and oxygen atoms in total. The number of carbonyl (C=O) groups is 3. The van der Waals surface area contributed by atoms with Crippen LogP contribution in [0.4, 0.5) is 0 Å². The van der Waals surface area contributed by atoms with E-state index in [0.717, 1.165) is 12.6 Å². The fourth-order valence-electron chi connectivity index (χ4n) is 1.06. The lowest BCUT2D eigenvalue weighted by Gasteiger charge is -2.06. The van der Waals surface area contributed by atoms with Gasteiger partial charge >= 0.3 is 17.9 Å². The molecule has 0 saturated carbocycles. The molecular weight excluding hydrogens is 250 g/mol. The minimum absolute atomic E-state index is 0.188. The Hall–Kier alpha value is -1.95. The van der Waals surface area contributed by atoms with Crippen molar-refractivity contribution in [3.05, 3.63) is 23.3 Å². The Bertz CT molecular complexity index is 421. The third-order valence-electron chi connectivity index (χ3n) is 2.21. The number of esters is 2. The SMILES string of the molecule is CC(=CCCN(C)C)C(=O)OC(=O)/C=C(/C)C(=O)O. The van der Waals surface area contributed by atoms with E-state index >= 15 is 0 Å². The van der Waals surface area contributed by atoms with Crippen LogP contribution in [0.3, 0.4) is 0 Å². The van der Waals surface area contributed by atoms with E-state index in [9.17, 15) is 14.4 Å². The second kappa shape index (κ2) is 8.20. The molecule has 0 heterocycles. The molecule has 106 valence electrons. The molecule has 0 spiro atoms. The van der Waals surface area contributed by atoms with Crippen molar-refractivity contribution in [3.63, 3.8) is 0 Å². The highest BCUT2D eigenvalue weighted by Gasteiger charge is 2.12. The van der Waals surface area contributed by atoms with Gasteiger partial charge in [0.25, 0.3) is 0 Å². The molecule has 0 bridgehead atoms. The lowest BCUT2D eigenvalue weighted by atomic mass is 10.2. The van der Waals surface area contributed by atoms with E-state index in [1.54, 1.807) is 13.0 Å². The summed E-state index contributed by atoms with van der Waals surface area (Å²) in [6.07, 6.45) is 3.10. The fraction of sp³-hybridized carbons (Fsp3) is 0.462. The average molecular weight is 269 g/mol. The van der Waals surface area contributed by atoms with Gasteiger partial charge in [-0.3, -0.25) is 0 Å². The Morgan fingerprint density at radius 1 is 1.16 bits per heavy atom. The predicted octanol–water partition coefficient (Wildman–Crippen LogP) is 0.985. The summed E-state index contributed by atoms with van der Waals surface area (Å²) in [5.74, 6) is -2.98. The van der Waals surface area contributed by atoms with Crippen LogP contribution in [0.5, 0.6) is 0 Å². The first kappa shape index (κ1) is 17.1. The number of nitrogens with zero attached hydrogens (tertiary/aromatic N) is 1. The zero-order valence-electron chi connectivity index (χ0n) is 11.6. The fourth-order valence-corrected chi connectivity index (χ4v) is 1.06. The zero-order valence-corrected chi connectivity index (χ0v) is 11.6. The number of aliphatic carboxylic acids is 1. The lowest BCUT2D eigenvalue weighted by molar-refractivity contribution is -0.153. The number of ether oxygens (including phenoxy) is 1. The van der Waals surface area contributed by atoms with Gasteiger partial charge in [0.05, 0.1) is 0 Å². The molecular formula is C13H19NO5. The van der Waals surface area contributed by atoms with Gasteiger partial charge in [0.15, 0.2) is 0 Å². The lowest BCUT2D eigenvalue weighted by Crippen LogP contribution is -2.14. The van der Waals surface area contributed by atoms with Crippen LogP contribution < -0.4 is 0 Å². The molecule has 0 atom stereocenters. The Morgan fingerprint density at radius 3 is 2.21 bits per heavy atom. The van der Waals surface area contributed by atoms with Gasteiger partial charge in [0.1, 0.15) is 0 Å². The van der Waals surface area contributed by atoms with Crippen LogP contribution in [0.2, 0.25) is 0 Å². The first-order chi connectivity index (χ1) is 8.73. The first-order valence-corrected chi connectivity index (χ1v) is 5.73. The molecule has 1 N–H and O–H groups in total. The van der Waals surface area contributed by atoms with E-state index in [-0.39, 0.29) is 5.57 Å². The van der Waals surface area contributed by atoms with Gasteiger partial charge in [-0.1, -0.05) is 6.08 Å². The van der Waals surface area contributed by atoms with E-state index in [1.807, 2.05) is 19.0 Å². The van der Waals surface area contributed by atoms with E-state index in [2.05, 4.69) is 4.74 Å². The smallest absolute Gasteiger partial charge is 0.341 e. The normalized spacial score (nSPS) is 12.5. The van der Waals surface area contributed by atoms with E-state index in [1.165, 1.54) is 6.92 Å². The van der Waals surface area contributed by atoms with E-state index in [0.29, 0.717) is 12.0 Å². The van der Waals surface area contributed by atoms with Crippen LogP contribution in [0, 0.1) is 0 Å². The molecule has 0 aliphatic heterocycles. The highest BCUT2D eigenvalue weighted by Crippen LogP contribution is 2.01. The van der Waals surface area contributed by atoms with Crippen molar-refractivity contribution < 1.29 is 24.2 Å². The van der Waals surface area contributed by atoms with Gasteiger partial charge in [-0.15, -0.1) is 0 Å². The molecule has 0 amide bonds. The van der Waals surface area contributed by atoms with E-state index < -0.39 is 17.9 Å². The summed E-state index contributed by atoms with van der Waals surface area (Å²) in [7, 11) is 3.81. The van der Waals surface area contributed by atoms with Crippen molar-refractivity contribution in [2.75, 3.05) is 20.6 Å². The monoisotopic (exact) mass is 269 g/mol. The highest BCUT2D eigenvalue weighted by molar-refractivity contribution is 6.02. The molecule has 6 heteroatoms. The molecule has 0 aromatic rings. The summed E-state index contributed by atoms with van der Waals surface area (Å²) in [5, 5.41) is 8.57. The van der Waals surface area contributed by atoms with Crippen molar-refractivity contribution in [1.82, 2.24) is 4.90 Å². The number of carboxylic acids is 1. The summed E-state index contributed by atoms with van der Waals surface area (Å²) in [4.78, 5) is 35.2. The molecule has 19 heavy (non-hydrogen) atoms. The molecule has 0 aliphatic carbocycles. The van der Waals surface area contributed by atoms with Crippen molar-refractivity contribution >= 4 is 17.9 Å². The van der Waals surface area contributed by atoms with Gasteiger partial charge in [-0.2, -0.15) is 0 Å². The summed E-state index contributed by atoms with van der Waals surface area (Å²) in [5.41, 5.74) is 0.128. The molecule has 0 unspecified atom stereocenters. The van der Waals surface area contributed by atoms with Crippen LogP contribution in [-0.4, -0.2) is 48.6 Å². The van der Waals surface area contributed by atoms with Gasteiger partial charge < -0.3 is 14.7 Å². The number of rotatable bonds is 6. The third-order valence-corrected chi connectivity index (χ3v) is 2.21. The largest absolute Gasteiger partial charge is 0.478 e. The average Bonchev–Trinajstić information content (AvgIpc) is 2.27. The minimum Gasteiger partial charge on any atom is -0.478 e. The number of hydrogen-bond acceptors (Lipinski definition) is 5. The maximum absolute atomic E-state index is 11.5. The Balaban J connectivity index is 4.41. The van der Waals surface area contributed by atoms with Crippen LogP contribution in [-0.2, 0) is 19.1 Å². The molecule has 0 aliphatic rings. The van der Waals surface area contributed by atoms with Crippen molar-refractivity contribution in [3.8, 4) is 0 Å². The topological polar surface area (TPSA) is 83.9 Å². The van der Waals surface area contributed by atoms with E-state index in [4.69, 9.17) is 5.11 Å². The Labute approximate surface area is 112 Å². The molecule has 0 saturated heterocycles. The van der Waals surface area contributed by atoms with Crippen LogP contribution in [0.25, 0.3) is 0 Å². The summed E-state index contributed by atoms with van der Waals surface area (Å²) >= 11 is 0. The summed E-state index contributed by atoms with van der Waals surface area (Å²) in [6, 6.07) is 0. The number of hydrogen-bond donors (Lipinski definition) is 1.